The van der Waals surface area contributed by atoms with Gasteiger partial charge in [0.2, 0.25) is 0 Å². The molecule has 1 heteroatoms. The molecular formula is C15H22O. The third kappa shape index (κ3) is 1.48. The Balaban J connectivity index is 1.79. The van der Waals surface area contributed by atoms with E-state index in [2.05, 4.69) is 25.2 Å². The third-order valence-corrected chi connectivity index (χ3v) is 5.10. The van der Waals surface area contributed by atoms with Crippen LogP contribution < -0.4 is 0 Å². The molecule has 3 aliphatic carbocycles. The van der Waals surface area contributed by atoms with Crippen molar-refractivity contribution < 1.29 is 5.11 Å². The number of rotatable bonds is 2. The predicted molar refractivity (Wildman–Crippen MR) is 65.9 cm³/mol. The third-order valence-electron chi connectivity index (χ3n) is 5.10. The minimum atomic E-state index is -0.207. The minimum Gasteiger partial charge on any atom is -0.393 e. The lowest BCUT2D eigenvalue weighted by Crippen LogP contribution is -2.20. The lowest BCUT2D eigenvalue weighted by Gasteiger charge is -2.27. The summed E-state index contributed by atoms with van der Waals surface area (Å²) in [6, 6.07) is 0. The summed E-state index contributed by atoms with van der Waals surface area (Å²) in [5, 5.41) is 9.58. The van der Waals surface area contributed by atoms with Crippen LogP contribution in [0, 0.1) is 29.6 Å². The number of aliphatic hydroxyl groups is 1. The number of hydrogen-bond donors (Lipinski definition) is 1. The van der Waals surface area contributed by atoms with Gasteiger partial charge in [0.15, 0.2) is 0 Å². The highest BCUT2D eigenvalue weighted by Crippen LogP contribution is 2.58. The minimum absolute atomic E-state index is 0.207. The monoisotopic (exact) mass is 218 g/mol. The molecule has 0 aromatic heterocycles. The van der Waals surface area contributed by atoms with E-state index >= 15 is 0 Å². The lowest BCUT2D eigenvalue weighted by molar-refractivity contribution is 0.156. The largest absolute Gasteiger partial charge is 0.393 e. The Bertz CT molecular complexity index is 339. The topological polar surface area (TPSA) is 20.2 Å². The van der Waals surface area contributed by atoms with Crippen LogP contribution in [0.15, 0.2) is 23.8 Å². The highest BCUT2D eigenvalue weighted by atomic mass is 16.3. The summed E-state index contributed by atoms with van der Waals surface area (Å²) in [5.41, 5.74) is 1.64. The van der Waals surface area contributed by atoms with Gasteiger partial charge in [0.05, 0.1) is 6.10 Å². The molecule has 0 aliphatic heterocycles. The van der Waals surface area contributed by atoms with Crippen LogP contribution in [0.25, 0.3) is 0 Å². The molecule has 3 rings (SSSR count). The van der Waals surface area contributed by atoms with Crippen LogP contribution in [0.2, 0.25) is 0 Å². The Morgan fingerprint density at radius 1 is 1.44 bits per heavy atom. The zero-order valence-corrected chi connectivity index (χ0v) is 10.3. The van der Waals surface area contributed by atoms with E-state index in [0.29, 0.717) is 5.92 Å². The molecule has 6 atom stereocenters. The van der Waals surface area contributed by atoms with E-state index in [1.54, 1.807) is 5.57 Å². The van der Waals surface area contributed by atoms with Crippen LogP contribution in [0.3, 0.4) is 0 Å². The Labute approximate surface area is 98.2 Å². The molecule has 1 nitrogen and oxygen atoms in total. The van der Waals surface area contributed by atoms with Crippen molar-refractivity contribution in [2.45, 2.75) is 39.2 Å². The van der Waals surface area contributed by atoms with Gasteiger partial charge in [0, 0.05) is 0 Å². The number of allylic oxidation sites excluding steroid dienone is 3. The van der Waals surface area contributed by atoms with Crippen LogP contribution >= 0.6 is 0 Å². The fourth-order valence-electron chi connectivity index (χ4n) is 4.05. The number of fused-ring (bicyclic) bond motifs is 5. The van der Waals surface area contributed by atoms with Gasteiger partial charge in [-0.3, -0.25) is 0 Å². The number of aliphatic hydroxyl groups excluding tert-OH is 1. The summed E-state index contributed by atoms with van der Waals surface area (Å²) in [6.07, 6.45) is 11.0. The second kappa shape index (κ2) is 3.73. The fraction of sp³-hybridized carbons (Fsp3) is 0.733. The van der Waals surface area contributed by atoms with E-state index in [-0.39, 0.29) is 6.10 Å². The normalized spacial score (nSPS) is 46.3. The van der Waals surface area contributed by atoms with Crippen molar-refractivity contribution in [3.8, 4) is 0 Å². The van der Waals surface area contributed by atoms with Gasteiger partial charge in [-0.15, -0.1) is 0 Å². The van der Waals surface area contributed by atoms with Gasteiger partial charge in [-0.05, 0) is 55.8 Å². The summed E-state index contributed by atoms with van der Waals surface area (Å²) in [4.78, 5) is 0. The maximum absolute atomic E-state index is 9.58. The summed E-state index contributed by atoms with van der Waals surface area (Å²) >= 11 is 0. The molecule has 2 bridgehead atoms. The zero-order chi connectivity index (χ0) is 11.3. The fourth-order valence-corrected chi connectivity index (χ4v) is 4.05. The average Bonchev–Trinajstić information content (AvgIpc) is 2.87. The molecule has 3 aliphatic rings. The Kier molecular flexibility index (Phi) is 2.47. The average molecular weight is 218 g/mol. The second-order valence-corrected chi connectivity index (χ2v) is 6.05. The van der Waals surface area contributed by atoms with Gasteiger partial charge < -0.3 is 5.11 Å². The van der Waals surface area contributed by atoms with Gasteiger partial charge in [-0.25, -0.2) is 0 Å². The van der Waals surface area contributed by atoms with E-state index in [4.69, 9.17) is 0 Å². The Morgan fingerprint density at radius 3 is 3.00 bits per heavy atom. The first-order chi connectivity index (χ1) is 7.66. The molecule has 16 heavy (non-hydrogen) atoms. The highest BCUT2D eigenvalue weighted by Gasteiger charge is 2.49. The van der Waals surface area contributed by atoms with Crippen molar-refractivity contribution >= 4 is 0 Å². The highest BCUT2D eigenvalue weighted by molar-refractivity contribution is 5.27. The zero-order valence-electron chi connectivity index (χ0n) is 10.3. The molecule has 0 amide bonds. The van der Waals surface area contributed by atoms with Gasteiger partial charge in [-0.2, -0.15) is 0 Å². The van der Waals surface area contributed by atoms with E-state index < -0.39 is 0 Å². The first kappa shape index (κ1) is 10.6. The summed E-state index contributed by atoms with van der Waals surface area (Å²) in [7, 11) is 0. The van der Waals surface area contributed by atoms with Crippen molar-refractivity contribution in [3.05, 3.63) is 23.8 Å². The summed E-state index contributed by atoms with van der Waals surface area (Å²) in [5.74, 6) is 3.88. The quantitative estimate of drug-likeness (QED) is 0.706. The smallest absolute Gasteiger partial charge is 0.0572 e. The van der Waals surface area contributed by atoms with Crippen LogP contribution in [-0.4, -0.2) is 11.2 Å². The number of hydrogen-bond acceptors (Lipinski definition) is 1. The maximum atomic E-state index is 9.58. The second-order valence-electron chi connectivity index (χ2n) is 6.05. The van der Waals surface area contributed by atoms with Gasteiger partial charge >= 0.3 is 0 Å². The molecule has 88 valence electrons. The van der Waals surface area contributed by atoms with Crippen LogP contribution in [0.1, 0.15) is 33.1 Å². The van der Waals surface area contributed by atoms with E-state index in [1.807, 2.05) is 6.92 Å². The molecule has 0 heterocycles. The molecule has 0 spiro atoms. The maximum Gasteiger partial charge on any atom is 0.0572 e. The van der Waals surface area contributed by atoms with Crippen LogP contribution in [-0.2, 0) is 0 Å². The first-order valence-corrected chi connectivity index (χ1v) is 6.72. The van der Waals surface area contributed by atoms with E-state index in [9.17, 15) is 5.11 Å². The van der Waals surface area contributed by atoms with Crippen LogP contribution in [0.5, 0.6) is 0 Å². The standard InChI is InChI=1S/C15H22O/c1-9(10(2)16)6-11-7-12-8-15(11)14-5-3-4-13(12)14/h3,5-6,9-10,12-16H,4,7-8H2,1-2H3/b11-6-/t9-,10-,12?,13-,14-,15+/m1/s1. The van der Waals surface area contributed by atoms with Gasteiger partial charge in [0.1, 0.15) is 0 Å². The van der Waals surface area contributed by atoms with Crippen molar-refractivity contribution in [1.82, 2.24) is 0 Å². The van der Waals surface area contributed by atoms with Crippen molar-refractivity contribution in [1.29, 1.82) is 0 Å². The first-order valence-electron chi connectivity index (χ1n) is 6.72. The molecule has 2 saturated carbocycles. The summed E-state index contributed by atoms with van der Waals surface area (Å²) < 4.78 is 0. The molecule has 0 aromatic rings. The Hall–Kier alpha value is -0.560. The summed E-state index contributed by atoms with van der Waals surface area (Å²) in [6.45, 7) is 4.03. The van der Waals surface area contributed by atoms with Crippen LogP contribution in [0.4, 0.5) is 0 Å². The molecule has 1 N–H and O–H groups in total. The molecule has 0 radical (unpaired) electrons. The van der Waals surface area contributed by atoms with E-state index in [1.165, 1.54) is 19.3 Å². The lowest BCUT2D eigenvalue weighted by atomic mass is 9.78. The molecule has 0 aromatic carbocycles. The molecule has 1 unspecified atom stereocenters. The van der Waals surface area contributed by atoms with Gasteiger partial charge in [-0.1, -0.05) is 30.7 Å². The van der Waals surface area contributed by atoms with E-state index in [0.717, 1.165) is 23.7 Å². The molecular weight excluding hydrogens is 196 g/mol. The van der Waals surface area contributed by atoms with Crippen molar-refractivity contribution in [3.63, 3.8) is 0 Å². The molecule has 0 saturated heterocycles. The SMILES string of the molecule is C[C@H](/C=C1/CC2C[C@@H]1[C@@H]1C=CC[C@H]21)[C@@H](C)O. The van der Waals surface area contributed by atoms with Gasteiger partial charge in [0.25, 0.3) is 0 Å². The van der Waals surface area contributed by atoms with Crippen molar-refractivity contribution in [2.24, 2.45) is 29.6 Å². The molecule has 2 fully saturated rings. The predicted octanol–water partition coefficient (Wildman–Crippen LogP) is 3.16. The van der Waals surface area contributed by atoms with Crippen molar-refractivity contribution in [2.75, 3.05) is 0 Å². The Morgan fingerprint density at radius 2 is 2.25 bits per heavy atom.